The van der Waals surface area contributed by atoms with E-state index in [1.54, 1.807) is 18.3 Å². The fourth-order valence-corrected chi connectivity index (χ4v) is 1.01. The second-order valence-corrected chi connectivity index (χ2v) is 4.07. The molecule has 5 heteroatoms. The van der Waals surface area contributed by atoms with Crippen molar-refractivity contribution in [2.45, 2.75) is 20.8 Å². The number of pyridine rings is 1. The van der Waals surface area contributed by atoms with Gasteiger partial charge in [-0.05, 0) is 18.1 Å². The SMILES string of the molecule is CC(C)C.Nc1nc(N)c2ncccc2n1. The van der Waals surface area contributed by atoms with E-state index in [9.17, 15) is 0 Å². The van der Waals surface area contributed by atoms with Crippen LogP contribution in [0.4, 0.5) is 11.8 Å². The van der Waals surface area contributed by atoms with Crippen LogP contribution in [-0.4, -0.2) is 15.0 Å². The number of hydrogen-bond donors (Lipinski definition) is 2. The molecule has 2 aromatic heterocycles. The zero-order chi connectivity index (χ0) is 12.1. The van der Waals surface area contributed by atoms with Crippen molar-refractivity contribution in [3.63, 3.8) is 0 Å². The summed E-state index contributed by atoms with van der Waals surface area (Å²) in [7, 11) is 0. The Hall–Kier alpha value is -1.91. The van der Waals surface area contributed by atoms with E-state index in [0.29, 0.717) is 16.9 Å². The third-order valence-corrected chi connectivity index (χ3v) is 1.50. The number of aromatic nitrogens is 3. The van der Waals surface area contributed by atoms with E-state index in [-0.39, 0.29) is 5.95 Å². The molecule has 0 amide bonds. The topological polar surface area (TPSA) is 90.7 Å². The highest BCUT2D eigenvalue weighted by Gasteiger charge is 2.01. The average molecular weight is 219 g/mol. The molecular formula is C11H17N5. The van der Waals surface area contributed by atoms with Gasteiger partial charge in [-0.15, -0.1) is 0 Å². The van der Waals surface area contributed by atoms with Gasteiger partial charge in [0.1, 0.15) is 5.52 Å². The Morgan fingerprint density at radius 3 is 2.38 bits per heavy atom. The Balaban J connectivity index is 0.000000280. The monoisotopic (exact) mass is 219 g/mol. The number of nitrogens with two attached hydrogens (primary N) is 2. The molecule has 2 rings (SSSR count). The smallest absolute Gasteiger partial charge is 0.222 e. The highest BCUT2D eigenvalue weighted by Crippen LogP contribution is 2.14. The largest absolute Gasteiger partial charge is 0.382 e. The van der Waals surface area contributed by atoms with Crippen molar-refractivity contribution in [2.75, 3.05) is 11.5 Å². The molecule has 0 saturated heterocycles. The van der Waals surface area contributed by atoms with Gasteiger partial charge in [0.2, 0.25) is 5.95 Å². The van der Waals surface area contributed by atoms with Crippen molar-refractivity contribution in [3.05, 3.63) is 18.3 Å². The van der Waals surface area contributed by atoms with Crippen LogP contribution in [0.3, 0.4) is 0 Å². The first-order valence-electron chi connectivity index (χ1n) is 5.14. The first-order chi connectivity index (χ1) is 7.50. The van der Waals surface area contributed by atoms with Crippen LogP contribution in [0.5, 0.6) is 0 Å². The maximum Gasteiger partial charge on any atom is 0.222 e. The molecule has 5 nitrogen and oxygen atoms in total. The quantitative estimate of drug-likeness (QED) is 0.705. The highest BCUT2D eigenvalue weighted by molar-refractivity contribution is 5.84. The number of rotatable bonds is 0. The fraction of sp³-hybridized carbons (Fsp3) is 0.364. The zero-order valence-corrected chi connectivity index (χ0v) is 9.81. The van der Waals surface area contributed by atoms with Gasteiger partial charge in [-0.25, -0.2) is 4.98 Å². The van der Waals surface area contributed by atoms with E-state index in [1.165, 1.54) is 0 Å². The summed E-state index contributed by atoms with van der Waals surface area (Å²) in [5, 5.41) is 0. The van der Waals surface area contributed by atoms with Crippen molar-refractivity contribution < 1.29 is 0 Å². The van der Waals surface area contributed by atoms with Gasteiger partial charge in [-0.3, -0.25) is 4.98 Å². The molecule has 4 N–H and O–H groups in total. The molecule has 0 fully saturated rings. The van der Waals surface area contributed by atoms with Crippen LogP contribution < -0.4 is 11.5 Å². The second-order valence-electron chi connectivity index (χ2n) is 4.07. The lowest BCUT2D eigenvalue weighted by molar-refractivity contribution is 0.737. The Morgan fingerprint density at radius 2 is 1.75 bits per heavy atom. The minimum atomic E-state index is 0.174. The lowest BCUT2D eigenvalue weighted by Gasteiger charge is -1.99. The Bertz CT molecular complexity index is 464. The fourth-order valence-electron chi connectivity index (χ4n) is 1.01. The molecule has 16 heavy (non-hydrogen) atoms. The van der Waals surface area contributed by atoms with Crippen LogP contribution in [0, 0.1) is 5.92 Å². The lowest BCUT2D eigenvalue weighted by Crippen LogP contribution is -2.01. The van der Waals surface area contributed by atoms with Gasteiger partial charge in [0.05, 0.1) is 5.52 Å². The van der Waals surface area contributed by atoms with Crippen LogP contribution in [-0.2, 0) is 0 Å². The zero-order valence-electron chi connectivity index (χ0n) is 9.81. The first kappa shape index (κ1) is 12.2. The van der Waals surface area contributed by atoms with Gasteiger partial charge in [-0.2, -0.15) is 4.98 Å². The van der Waals surface area contributed by atoms with Crippen LogP contribution >= 0.6 is 0 Å². The molecule has 0 aromatic carbocycles. The second kappa shape index (κ2) is 5.25. The maximum atomic E-state index is 5.56. The van der Waals surface area contributed by atoms with Gasteiger partial charge in [0.25, 0.3) is 0 Å². The molecule has 0 aliphatic heterocycles. The van der Waals surface area contributed by atoms with Crippen molar-refractivity contribution in [1.29, 1.82) is 0 Å². The molecule has 0 unspecified atom stereocenters. The summed E-state index contributed by atoms with van der Waals surface area (Å²) in [6.45, 7) is 6.50. The van der Waals surface area contributed by atoms with Gasteiger partial charge in [0, 0.05) is 6.20 Å². The number of fused-ring (bicyclic) bond motifs is 1. The number of hydrogen-bond acceptors (Lipinski definition) is 5. The molecule has 0 atom stereocenters. The Morgan fingerprint density at radius 1 is 1.12 bits per heavy atom. The predicted molar refractivity (Wildman–Crippen MR) is 66.7 cm³/mol. The summed E-state index contributed by atoms with van der Waals surface area (Å²) in [6, 6.07) is 3.56. The molecule has 0 aliphatic rings. The van der Waals surface area contributed by atoms with Crippen LogP contribution in [0.1, 0.15) is 20.8 Å². The summed E-state index contributed by atoms with van der Waals surface area (Å²) in [6.07, 6.45) is 1.64. The molecule has 0 bridgehead atoms. The maximum absolute atomic E-state index is 5.56. The Labute approximate surface area is 94.9 Å². The summed E-state index contributed by atoms with van der Waals surface area (Å²) in [5.74, 6) is 1.33. The van der Waals surface area contributed by atoms with Crippen molar-refractivity contribution in [2.24, 2.45) is 5.92 Å². The standard InChI is InChI=1S/C7H7N5.C4H10/c8-6-5-4(2-1-3-10-5)11-7(9)12-6;1-4(2)3/h1-3H,(H4,8,9,11,12);4H,1-3H3. The molecule has 0 aliphatic carbocycles. The van der Waals surface area contributed by atoms with Crippen LogP contribution in [0.15, 0.2) is 18.3 Å². The van der Waals surface area contributed by atoms with E-state index < -0.39 is 0 Å². The van der Waals surface area contributed by atoms with E-state index in [1.807, 2.05) is 0 Å². The molecule has 0 spiro atoms. The number of nitrogen functional groups attached to an aromatic ring is 2. The van der Waals surface area contributed by atoms with E-state index in [0.717, 1.165) is 5.92 Å². The molecule has 0 radical (unpaired) electrons. The molecule has 0 saturated carbocycles. The number of nitrogens with zero attached hydrogens (tertiary/aromatic N) is 3. The van der Waals surface area contributed by atoms with E-state index in [4.69, 9.17) is 11.5 Å². The van der Waals surface area contributed by atoms with Crippen molar-refractivity contribution in [3.8, 4) is 0 Å². The minimum Gasteiger partial charge on any atom is -0.382 e. The van der Waals surface area contributed by atoms with Gasteiger partial charge >= 0.3 is 0 Å². The third-order valence-electron chi connectivity index (χ3n) is 1.50. The average Bonchev–Trinajstić information content (AvgIpc) is 2.16. The summed E-state index contributed by atoms with van der Waals surface area (Å²) in [4.78, 5) is 11.8. The summed E-state index contributed by atoms with van der Waals surface area (Å²) in [5.41, 5.74) is 12.2. The number of anilines is 2. The normalized spacial score (nSPS) is 10.0. The third kappa shape index (κ3) is 3.34. The molecule has 2 heterocycles. The first-order valence-corrected chi connectivity index (χ1v) is 5.14. The van der Waals surface area contributed by atoms with Gasteiger partial charge < -0.3 is 11.5 Å². The van der Waals surface area contributed by atoms with Gasteiger partial charge in [0.15, 0.2) is 5.82 Å². The summed E-state index contributed by atoms with van der Waals surface area (Å²) >= 11 is 0. The molecule has 86 valence electrons. The predicted octanol–water partition coefficient (Wildman–Crippen LogP) is 1.85. The minimum absolute atomic E-state index is 0.174. The summed E-state index contributed by atoms with van der Waals surface area (Å²) < 4.78 is 0. The van der Waals surface area contributed by atoms with E-state index in [2.05, 4.69) is 35.7 Å². The van der Waals surface area contributed by atoms with Crippen LogP contribution in [0.25, 0.3) is 11.0 Å². The van der Waals surface area contributed by atoms with Crippen molar-refractivity contribution in [1.82, 2.24) is 15.0 Å². The Kier molecular flexibility index (Phi) is 3.99. The van der Waals surface area contributed by atoms with Crippen LogP contribution in [0.2, 0.25) is 0 Å². The molecular weight excluding hydrogens is 202 g/mol. The van der Waals surface area contributed by atoms with Gasteiger partial charge in [-0.1, -0.05) is 20.8 Å². The highest BCUT2D eigenvalue weighted by atomic mass is 15.0. The lowest BCUT2D eigenvalue weighted by atomic mass is 10.3. The van der Waals surface area contributed by atoms with Crippen molar-refractivity contribution >= 4 is 22.8 Å². The molecule has 2 aromatic rings. The van der Waals surface area contributed by atoms with E-state index >= 15 is 0 Å².